The van der Waals surface area contributed by atoms with E-state index in [0.717, 1.165) is 5.56 Å². The van der Waals surface area contributed by atoms with Gasteiger partial charge in [0, 0.05) is 11.8 Å². The van der Waals surface area contributed by atoms with E-state index in [0.29, 0.717) is 5.56 Å². The van der Waals surface area contributed by atoms with Crippen molar-refractivity contribution in [1.29, 1.82) is 0 Å². The molecule has 1 nitrogen and oxygen atoms in total. The quantitative estimate of drug-likeness (QED) is 0.649. The average molecular weight is 249 g/mol. The predicted octanol–water partition coefficient (Wildman–Crippen LogP) is 4.54. The molecule has 0 atom stereocenters. The van der Waals surface area contributed by atoms with E-state index in [1.165, 1.54) is 17.0 Å². The van der Waals surface area contributed by atoms with E-state index in [1.807, 2.05) is 24.3 Å². The zero-order valence-electron chi connectivity index (χ0n) is 10.3. The number of pyridine rings is 1. The van der Waals surface area contributed by atoms with Crippen LogP contribution >= 0.6 is 0 Å². The van der Waals surface area contributed by atoms with Gasteiger partial charge in [-0.1, -0.05) is 48.6 Å². The Morgan fingerprint density at radius 1 is 0.895 bits per heavy atom. The molecule has 2 heteroatoms. The van der Waals surface area contributed by atoms with Crippen LogP contribution < -0.4 is 0 Å². The molecule has 2 aromatic carbocycles. The average Bonchev–Trinajstić information content (AvgIpc) is 2.46. The highest BCUT2D eigenvalue weighted by Crippen LogP contribution is 2.17. The summed E-state index contributed by atoms with van der Waals surface area (Å²) in [4.78, 5) is 3.73. The molecular weight excluding hydrogens is 237 g/mol. The van der Waals surface area contributed by atoms with Gasteiger partial charge in [-0.05, 0) is 28.5 Å². The highest BCUT2D eigenvalue weighted by molar-refractivity contribution is 5.85. The van der Waals surface area contributed by atoms with Crippen molar-refractivity contribution in [2.75, 3.05) is 0 Å². The third-order valence-corrected chi connectivity index (χ3v) is 3.03. The molecule has 19 heavy (non-hydrogen) atoms. The van der Waals surface area contributed by atoms with Gasteiger partial charge >= 0.3 is 0 Å². The van der Waals surface area contributed by atoms with Crippen LogP contribution in [0.2, 0.25) is 0 Å². The van der Waals surface area contributed by atoms with Crippen molar-refractivity contribution in [3.8, 4) is 0 Å². The Kier molecular flexibility index (Phi) is 3.07. The van der Waals surface area contributed by atoms with Crippen molar-refractivity contribution in [1.82, 2.24) is 4.98 Å². The molecule has 0 aliphatic carbocycles. The Labute approximate surface area is 111 Å². The fourth-order valence-electron chi connectivity index (χ4n) is 2.02. The number of halogens is 1. The summed E-state index contributed by atoms with van der Waals surface area (Å²) in [6.07, 6.45) is 6.48. The lowest BCUT2D eigenvalue weighted by molar-refractivity contribution is 0.618. The minimum Gasteiger partial charge on any atom is -0.262 e. The minimum absolute atomic E-state index is 0.306. The maximum atomic E-state index is 13.4. The van der Waals surface area contributed by atoms with E-state index in [2.05, 4.69) is 29.2 Å². The first-order valence-corrected chi connectivity index (χ1v) is 6.09. The lowest BCUT2D eigenvalue weighted by Gasteiger charge is -1.99. The topological polar surface area (TPSA) is 12.9 Å². The third-order valence-electron chi connectivity index (χ3n) is 3.03. The maximum Gasteiger partial charge on any atom is 0.148 e. The first-order chi connectivity index (χ1) is 9.33. The Bertz CT molecular complexity index is 747. The van der Waals surface area contributed by atoms with Crippen molar-refractivity contribution >= 4 is 22.9 Å². The van der Waals surface area contributed by atoms with Crippen LogP contribution in [0.25, 0.3) is 22.9 Å². The monoisotopic (exact) mass is 249 g/mol. The van der Waals surface area contributed by atoms with E-state index in [4.69, 9.17) is 0 Å². The van der Waals surface area contributed by atoms with Gasteiger partial charge in [-0.15, -0.1) is 0 Å². The van der Waals surface area contributed by atoms with Crippen LogP contribution in [0.5, 0.6) is 0 Å². The van der Waals surface area contributed by atoms with Crippen molar-refractivity contribution < 1.29 is 4.39 Å². The summed E-state index contributed by atoms with van der Waals surface area (Å²) in [6, 6.07) is 16.0. The third kappa shape index (κ3) is 2.52. The maximum absolute atomic E-state index is 13.4. The van der Waals surface area contributed by atoms with Crippen LogP contribution in [0, 0.1) is 5.82 Å². The highest BCUT2D eigenvalue weighted by atomic mass is 19.1. The molecule has 0 N–H and O–H groups in total. The van der Waals surface area contributed by atoms with Crippen molar-refractivity contribution in [2.45, 2.75) is 0 Å². The second kappa shape index (κ2) is 5.02. The summed E-state index contributed by atoms with van der Waals surface area (Å²) in [5, 5.41) is 2.38. The highest BCUT2D eigenvalue weighted by Gasteiger charge is 1.97. The lowest BCUT2D eigenvalue weighted by atomic mass is 10.1. The van der Waals surface area contributed by atoms with E-state index < -0.39 is 0 Å². The van der Waals surface area contributed by atoms with Gasteiger partial charge in [-0.25, -0.2) is 4.39 Å². The minimum atomic E-state index is -0.306. The van der Waals surface area contributed by atoms with Gasteiger partial charge in [0.25, 0.3) is 0 Å². The van der Waals surface area contributed by atoms with Gasteiger partial charge in [0.05, 0.1) is 6.20 Å². The standard InChI is InChI=1S/C17H12FN/c18-17-12-19-10-9-15(17)8-6-13-5-7-14-3-1-2-4-16(14)11-13/h1-12H/b8-6-. The summed E-state index contributed by atoms with van der Waals surface area (Å²) < 4.78 is 13.4. The van der Waals surface area contributed by atoms with Gasteiger partial charge in [0.2, 0.25) is 0 Å². The van der Waals surface area contributed by atoms with E-state index in [9.17, 15) is 4.39 Å². The Morgan fingerprint density at radius 2 is 1.74 bits per heavy atom. The molecule has 0 bridgehead atoms. The van der Waals surface area contributed by atoms with Crippen LogP contribution in [0.15, 0.2) is 60.9 Å². The second-order valence-corrected chi connectivity index (χ2v) is 4.34. The van der Waals surface area contributed by atoms with E-state index >= 15 is 0 Å². The summed E-state index contributed by atoms with van der Waals surface area (Å²) >= 11 is 0. The van der Waals surface area contributed by atoms with Crippen LogP contribution in [-0.4, -0.2) is 4.98 Å². The lowest BCUT2D eigenvalue weighted by Crippen LogP contribution is -1.82. The molecule has 0 radical (unpaired) electrons. The van der Waals surface area contributed by atoms with E-state index in [-0.39, 0.29) is 5.82 Å². The zero-order chi connectivity index (χ0) is 13.1. The number of nitrogens with zero attached hydrogens (tertiary/aromatic N) is 1. The number of benzene rings is 2. The van der Waals surface area contributed by atoms with Crippen LogP contribution in [0.3, 0.4) is 0 Å². The fourth-order valence-corrected chi connectivity index (χ4v) is 2.02. The van der Waals surface area contributed by atoms with Gasteiger partial charge < -0.3 is 0 Å². The molecular formula is C17H12FN. The van der Waals surface area contributed by atoms with Crippen LogP contribution in [-0.2, 0) is 0 Å². The number of aromatic nitrogens is 1. The van der Waals surface area contributed by atoms with Crippen molar-refractivity contribution in [3.05, 3.63) is 77.9 Å². The summed E-state index contributed by atoms with van der Waals surface area (Å²) in [7, 11) is 0. The Morgan fingerprint density at radius 3 is 2.58 bits per heavy atom. The largest absolute Gasteiger partial charge is 0.262 e. The summed E-state index contributed by atoms with van der Waals surface area (Å²) in [6.45, 7) is 0. The molecule has 0 saturated carbocycles. The Hall–Kier alpha value is -2.48. The summed E-state index contributed by atoms with van der Waals surface area (Å²) in [5.41, 5.74) is 1.60. The molecule has 0 spiro atoms. The number of hydrogen-bond donors (Lipinski definition) is 0. The number of rotatable bonds is 2. The first-order valence-electron chi connectivity index (χ1n) is 6.09. The van der Waals surface area contributed by atoms with Crippen molar-refractivity contribution in [3.63, 3.8) is 0 Å². The number of fused-ring (bicyclic) bond motifs is 1. The molecule has 0 aliphatic heterocycles. The van der Waals surface area contributed by atoms with Crippen LogP contribution in [0.4, 0.5) is 4.39 Å². The number of hydrogen-bond acceptors (Lipinski definition) is 1. The fraction of sp³-hybridized carbons (Fsp3) is 0. The van der Waals surface area contributed by atoms with E-state index in [1.54, 1.807) is 18.3 Å². The van der Waals surface area contributed by atoms with Crippen LogP contribution in [0.1, 0.15) is 11.1 Å². The Balaban J connectivity index is 1.95. The predicted molar refractivity (Wildman–Crippen MR) is 77.1 cm³/mol. The van der Waals surface area contributed by atoms with Gasteiger partial charge in [0.15, 0.2) is 0 Å². The molecule has 1 aromatic heterocycles. The normalized spacial score (nSPS) is 11.2. The molecule has 0 aliphatic rings. The second-order valence-electron chi connectivity index (χ2n) is 4.34. The SMILES string of the molecule is Fc1cnccc1/C=C\c1ccc2ccccc2c1. The zero-order valence-corrected chi connectivity index (χ0v) is 10.3. The van der Waals surface area contributed by atoms with Gasteiger partial charge in [0.1, 0.15) is 5.82 Å². The molecule has 0 unspecified atom stereocenters. The summed E-state index contributed by atoms with van der Waals surface area (Å²) in [5.74, 6) is -0.306. The molecule has 0 amide bonds. The smallest absolute Gasteiger partial charge is 0.148 e. The first kappa shape index (κ1) is 11.6. The molecule has 3 rings (SSSR count). The molecule has 92 valence electrons. The van der Waals surface area contributed by atoms with Gasteiger partial charge in [-0.3, -0.25) is 4.98 Å². The van der Waals surface area contributed by atoms with Gasteiger partial charge in [-0.2, -0.15) is 0 Å². The van der Waals surface area contributed by atoms with Crippen molar-refractivity contribution in [2.24, 2.45) is 0 Å². The molecule has 3 aromatic rings. The molecule has 1 heterocycles. The molecule has 0 saturated heterocycles. The molecule has 0 fully saturated rings.